The van der Waals surface area contributed by atoms with E-state index in [1.165, 1.54) is 21.3 Å². The van der Waals surface area contributed by atoms with E-state index in [9.17, 15) is 9.59 Å². The second-order valence-electron chi connectivity index (χ2n) is 5.96. The number of hydrogen-bond donors (Lipinski definition) is 1. The maximum atomic E-state index is 12.7. The lowest BCUT2D eigenvalue weighted by atomic mass is 10.1. The van der Waals surface area contributed by atoms with Crippen LogP contribution >= 0.6 is 11.6 Å². The number of carbonyl (C=O) groups excluding carboxylic acids is 2. The Labute approximate surface area is 167 Å². The minimum Gasteiger partial charge on any atom is -0.496 e. The predicted molar refractivity (Wildman–Crippen MR) is 105 cm³/mol. The van der Waals surface area contributed by atoms with Gasteiger partial charge in [-0.3, -0.25) is 9.69 Å². The van der Waals surface area contributed by atoms with E-state index in [0.717, 1.165) is 10.5 Å². The molecule has 3 rings (SSSR count). The summed E-state index contributed by atoms with van der Waals surface area (Å²) in [5.74, 6) is 1.01. The van der Waals surface area contributed by atoms with E-state index in [-0.39, 0.29) is 12.2 Å². The molecule has 0 radical (unpaired) electrons. The highest BCUT2D eigenvalue weighted by atomic mass is 35.5. The van der Waals surface area contributed by atoms with E-state index in [1.807, 2.05) is 0 Å². The van der Waals surface area contributed by atoms with Gasteiger partial charge in [-0.1, -0.05) is 23.7 Å². The predicted octanol–water partition coefficient (Wildman–Crippen LogP) is 3.46. The van der Waals surface area contributed by atoms with Gasteiger partial charge >= 0.3 is 6.03 Å². The second kappa shape index (κ2) is 8.22. The monoisotopic (exact) mass is 402 g/mol. The average Bonchev–Trinajstić information content (AvgIpc) is 2.96. The molecule has 2 aromatic rings. The van der Waals surface area contributed by atoms with Gasteiger partial charge in [-0.2, -0.15) is 0 Å². The summed E-state index contributed by atoms with van der Waals surface area (Å²) >= 11 is 5.87. The molecule has 8 heteroatoms. The highest BCUT2D eigenvalue weighted by Gasteiger charge is 2.33. The summed E-state index contributed by atoms with van der Waals surface area (Å²) in [6.07, 6.45) is 1.54. The molecule has 2 aromatic carbocycles. The topological polar surface area (TPSA) is 77.1 Å². The van der Waals surface area contributed by atoms with Gasteiger partial charge in [-0.15, -0.1) is 0 Å². The number of methoxy groups -OCH3 is 3. The van der Waals surface area contributed by atoms with Crippen LogP contribution in [0.3, 0.4) is 0 Å². The van der Waals surface area contributed by atoms with Gasteiger partial charge in [0.1, 0.15) is 11.4 Å². The third-order valence-electron chi connectivity index (χ3n) is 4.25. The number of hydrogen-bond acceptors (Lipinski definition) is 5. The molecule has 28 heavy (non-hydrogen) atoms. The van der Waals surface area contributed by atoms with E-state index < -0.39 is 11.9 Å². The smallest absolute Gasteiger partial charge is 0.329 e. The van der Waals surface area contributed by atoms with Gasteiger partial charge in [0.05, 0.1) is 27.9 Å². The largest absolute Gasteiger partial charge is 0.496 e. The third kappa shape index (κ3) is 3.89. The molecule has 0 unspecified atom stereocenters. The van der Waals surface area contributed by atoms with Gasteiger partial charge < -0.3 is 19.5 Å². The lowest BCUT2D eigenvalue weighted by Crippen LogP contribution is -2.30. The van der Waals surface area contributed by atoms with Crippen molar-refractivity contribution in [3.05, 3.63) is 58.2 Å². The Morgan fingerprint density at radius 1 is 0.964 bits per heavy atom. The molecule has 0 saturated carbocycles. The quantitative estimate of drug-likeness (QED) is 0.591. The molecular formula is C20H19ClN2O5. The number of nitrogens with one attached hydrogen (secondary N) is 1. The summed E-state index contributed by atoms with van der Waals surface area (Å²) < 4.78 is 15.9. The number of carbonyl (C=O) groups is 2. The van der Waals surface area contributed by atoms with Crippen LogP contribution in [0.4, 0.5) is 4.79 Å². The Bertz CT molecular complexity index is 940. The van der Waals surface area contributed by atoms with Crippen molar-refractivity contribution < 1.29 is 23.8 Å². The molecule has 146 valence electrons. The fourth-order valence-electron chi connectivity index (χ4n) is 2.81. The van der Waals surface area contributed by atoms with Crippen molar-refractivity contribution in [3.8, 4) is 17.2 Å². The molecule has 1 saturated heterocycles. The van der Waals surface area contributed by atoms with Crippen LogP contribution in [0.2, 0.25) is 5.02 Å². The van der Waals surface area contributed by atoms with Crippen LogP contribution in [-0.4, -0.2) is 38.2 Å². The van der Waals surface area contributed by atoms with Crippen molar-refractivity contribution in [2.45, 2.75) is 6.54 Å². The number of halogens is 1. The number of urea groups is 1. The minimum absolute atomic E-state index is 0.141. The minimum atomic E-state index is -0.495. The first-order chi connectivity index (χ1) is 13.5. The van der Waals surface area contributed by atoms with Crippen LogP contribution in [0.15, 0.2) is 42.1 Å². The molecule has 0 aromatic heterocycles. The van der Waals surface area contributed by atoms with Crippen molar-refractivity contribution in [2.24, 2.45) is 0 Å². The Balaban J connectivity index is 1.90. The first-order valence-electron chi connectivity index (χ1n) is 8.35. The van der Waals surface area contributed by atoms with E-state index in [4.69, 9.17) is 25.8 Å². The van der Waals surface area contributed by atoms with Crippen molar-refractivity contribution in [3.63, 3.8) is 0 Å². The molecular weight excluding hydrogens is 384 g/mol. The van der Waals surface area contributed by atoms with E-state index in [2.05, 4.69) is 5.32 Å². The Kier molecular flexibility index (Phi) is 5.75. The van der Waals surface area contributed by atoms with Gasteiger partial charge in [0.15, 0.2) is 11.5 Å². The Hall–Kier alpha value is -3.19. The van der Waals surface area contributed by atoms with Crippen LogP contribution < -0.4 is 19.5 Å². The lowest BCUT2D eigenvalue weighted by Gasteiger charge is -2.13. The van der Waals surface area contributed by atoms with E-state index in [0.29, 0.717) is 27.8 Å². The Morgan fingerprint density at radius 2 is 1.57 bits per heavy atom. The molecule has 1 aliphatic rings. The molecule has 1 heterocycles. The second-order valence-corrected chi connectivity index (χ2v) is 6.39. The fourth-order valence-corrected chi connectivity index (χ4v) is 2.93. The van der Waals surface area contributed by atoms with Gasteiger partial charge in [0.25, 0.3) is 5.91 Å². The van der Waals surface area contributed by atoms with Gasteiger partial charge in [-0.25, -0.2) is 4.79 Å². The summed E-state index contributed by atoms with van der Waals surface area (Å²) in [5, 5.41) is 3.18. The van der Waals surface area contributed by atoms with Gasteiger partial charge in [0, 0.05) is 16.7 Å². The highest BCUT2D eigenvalue weighted by Crippen LogP contribution is 2.36. The molecule has 1 fully saturated rings. The highest BCUT2D eigenvalue weighted by molar-refractivity contribution is 6.30. The molecule has 0 atom stereocenters. The number of ether oxygens (including phenoxy) is 3. The zero-order valence-corrected chi connectivity index (χ0v) is 16.4. The van der Waals surface area contributed by atoms with Crippen molar-refractivity contribution in [1.29, 1.82) is 0 Å². The number of benzene rings is 2. The number of imide groups is 1. The van der Waals surface area contributed by atoms with Crippen LogP contribution in [0.5, 0.6) is 17.2 Å². The molecule has 0 bridgehead atoms. The molecule has 0 aliphatic carbocycles. The normalized spacial score (nSPS) is 15.0. The zero-order valence-electron chi connectivity index (χ0n) is 15.6. The SMILES string of the molecule is COc1cc(OC)c(OC)cc1/C=C1\NC(=O)N(Cc2ccc(Cl)cc2)C1=O. The molecule has 0 spiro atoms. The van der Waals surface area contributed by atoms with Gasteiger partial charge in [-0.05, 0) is 29.8 Å². The number of nitrogens with zero attached hydrogens (tertiary/aromatic N) is 1. The standard InChI is InChI=1S/C20H19ClN2O5/c1-26-16-10-18(28-3)17(27-2)9-13(16)8-15-19(24)23(20(25)22-15)11-12-4-6-14(21)7-5-12/h4-10H,11H2,1-3H3,(H,22,25)/b15-8-. The van der Waals surface area contributed by atoms with Crippen LogP contribution in [0.25, 0.3) is 6.08 Å². The molecule has 7 nitrogen and oxygen atoms in total. The maximum Gasteiger partial charge on any atom is 0.329 e. The van der Waals surface area contributed by atoms with Crippen LogP contribution in [0, 0.1) is 0 Å². The van der Waals surface area contributed by atoms with Gasteiger partial charge in [0.2, 0.25) is 0 Å². The molecule has 3 amide bonds. The van der Waals surface area contributed by atoms with E-state index in [1.54, 1.807) is 42.5 Å². The lowest BCUT2D eigenvalue weighted by molar-refractivity contribution is -0.123. The Morgan fingerprint density at radius 3 is 2.18 bits per heavy atom. The first-order valence-corrected chi connectivity index (χ1v) is 8.73. The van der Waals surface area contributed by atoms with E-state index >= 15 is 0 Å². The fraction of sp³-hybridized carbons (Fsp3) is 0.200. The number of rotatable bonds is 6. The summed E-state index contributed by atoms with van der Waals surface area (Å²) in [4.78, 5) is 26.1. The summed E-state index contributed by atoms with van der Waals surface area (Å²) in [7, 11) is 4.54. The molecule has 1 N–H and O–H groups in total. The molecule has 1 aliphatic heterocycles. The average molecular weight is 403 g/mol. The third-order valence-corrected chi connectivity index (χ3v) is 4.50. The van der Waals surface area contributed by atoms with Crippen LogP contribution in [-0.2, 0) is 11.3 Å². The zero-order chi connectivity index (χ0) is 20.3. The van der Waals surface area contributed by atoms with Crippen molar-refractivity contribution in [1.82, 2.24) is 10.2 Å². The maximum absolute atomic E-state index is 12.7. The summed E-state index contributed by atoms with van der Waals surface area (Å²) in [6.45, 7) is 0.141. The summed E-state index contributed by atoms with van der Waals surface area (Å²) in [5.41, 5.74) is 1.50. The van der Waals surface area contributed by atoms with Crippen molar-refractivity contribution in [2.75, 3.05) is 21.3 Å². The summed E-state index contributed by atoms with van der Waals surface area (Å²) in [6, 6.07) is 9.78. The van der Waals surface area contributed by atoms with Crippen molar-refractivity contribution >= 4 is 29.6 Å². The number of amides is 3. The van der Waals surface area contributed by atoms with Crippen LogP contribution in [0.1, 0.15) is 11.1 Å². The first kappa shape index (κ1) is 19.6.